The van der Waals surface area contributed by atoms with Crippen LogP contribution < -0.4 is 0 Å². The third kappa shape index (κ3) is 3.59. The van der Waals surface area contributed by atoms with Crippen LogP contribution in [0.1, 0.15) is 61.8 Å². The van der Waals surface area contributed by atoms with Gasteiger partial charge in [-0.25, -0.2) is 0 Å². The fraction of sp³-hybridized carbons (Fsp3) is 0.290. The van der Waals surface area contributed by atoms with E-state index in [0.29, 0.717) is 0 Å². The molecule has 0 heteroatoms. The van der Waals surface area contributed by atoms with E-state index in [1.165, 1.54) is 77.1 Å². The molecule has 0 heterocycles. The summed E-state index contributed by atoms with van der Waals surface area (Å²) in [6.45, 7) is 4.62. The zero-order chi connectivity index (χ0) is 21.2. The predicted octanol–water partition coefficient (Wildman–Crippen LogP) is 8.76. The van der Waals surface area contributed by atoms with Crippen LogP contribution in [-0.2, 0) is 19.3 Å². The van der Waals surface area contributed by atoms with Gasteiger partial charge in [0.25, 0.3) is 0 Å². The van der Waals surface area contributed by atoms with Gasteiger partial charge in [0.2, 0.25) is 0 Å². The molecule has 0 nitrogen and oxygen atoms in total. The van der Waals surface area contributed by atoms with Gasteiger partial charge in [-0.1, -0.05) is 99.5 Å². The highest BCUT2D eigenvalue weighted by atomic mass is 14.3. The first-order valence-corrected chi connectivity index (χ1v) is 12.1. The highest BCUT2D eigenvalue weighted by Crippen LogP contribution is 2.46. The first-order valence-electron chi connectivity index (χ1n) is 12.1. The monoisotopic (exact) mass is 404 g/mol. The molecule has 0 radical (unpaired) electrons. The van der Waals surface area contributed by atoms with E-state index in [2.05, 4.69) is 86.6 Å². The molecule has 156 valence electrons. The number of aryl methyl sites for hydroxylation is 1. The Labute approximate surface area is 187 Å². The Morgan fingerprint density at radius 3 is 2.26 bits per heavy atom. The number of rotatable bonds is 7. The molecule has 0 aliphatic heterocycles. The number of benzene rings is 4. The Kier molecular flexibility index (Phi) is 5.64. The second kappa shape index (κ2) is 8.71. The van der Waals surface area contributed by atoms with Gasteiger partial charge >= 0.3 is 0 Å². The molecule has 0 saturated carbocycles. The van der Waals surface area contributed by atoms with E-state index in [0.717, 1.165) is 6.42 Å². The van der Waals surface area contributed by atoms with Crippen molar-refractivity contribution < 1.29 is 0 Å². The molecule has 0 atom stereocenters. The topological polar surface area (TPSA) is 0 Å². The highest BCUT2D eigenvalue weighted by molar-refractivity contribution is 6.00. The van der Waals surface area contributed by atoms with Gasteiger partial charge < -0.3 is 0 Å². The third-order valence-corrected chi connectivity index (χ3v) is 6.95. The van der Waals surface area contributed by atoms with Crippen molar-refractivity contribution in [2.75, 3.05) is 0 Å². The molecule has 0 unspecified atom stereocenters. The van der Waals surface area contributed by atoms with Crippen LogP contribution >= 0.6 is 0 Å². The molecule has 0 aromatic heterocycles. The maximum Gasteiger partial charge on any atom is -0.000718 e. The summed E-state index contributed by atoms with van der Waals surface area (Å²) in [4.78, 5) is 0. The Hall–Kier alpha value is -2.86. The summed E-state index contributed by atoms with van der Waals surface area (Å²) in [6, 6.07) is 27.3. The summed E-state index contributed by atoms with van der Waals surface area (Å²) in [7, 11) is 0. The smallest absolute Gasteiger partial charge is 0.000718 e. The van der Waals surface area contributed by atoms with Crippen molar-refractivity contribution in [3.8, 4) is 22.3 Å². The van der Waals surface area contributed by atoms with E-state index >= 15 is 0 Å². The standard InChI is InChI=1S/C31H32/c1-3-5-12-24-20-29-26-18-10-8-14-23(26)21-30(29)31(27(24)16-6-4-2)28-19-11-15-22-13-7-9-17-25(22)28/h7-11,13-15,17-20H,3-6,12,16,21H2,1-2H3. The minimum atomic E-state index is 1.05. The van der Waals surface area contributed by atoms with Gasteiger partial charge in [-0.15, -0.1) is 0 Å². The van der Waals surface area contributed by atoms with Crippen molar-refractivity contribution in [1.29, 1.82) is 0 Å². The molecule has 0 fully saturated rings. The number of hydrogen-bond acceptors (Lipinski definition) is 0. The number of fused-ring (bicyclic) bond motifs is 4. The Morgan fingerprint density at radius 1 is 0.677 bits per heavy atom. The first kappa shape index (κ1) is 20.1. The molecular formula is C31H32. The molecule has 0 amide bonds. The molecule has 4 aromatic carbocycles. The van der Waals surface area contributed by atoms with E-state index < -0.39 is 0 Å². The zero-order valence-corrected chi connectivity index (χ0v) is 18.9. The fourth-order valence-corrected chi connectivity index (χ4v) is 5.38. The molecule has 5 rings (SSSR count). The van der Waals surface area contributed by atoms with E-state index in [4.69, 9.17) is 0 Å². The minimum absolute atomic E-state index is 1.05. The average Bonchev–Trinajstić information content (AvgIpc) is 3.18. The molecule has 31 heavy (non-hydrogen) atoms. The largest absolute Gasteiger partial charge is 0.0654 e. The number of unbranched alkanes of at least 4 members (excludes halogenated alkanes) is 2. The van der Waals surface area contributed by atoms with Crippen LogP contribution in [0.5, 0.6) is 0 Å². The van der Waals surface area contributed by atoms with Gasteiger partial charge in [0.1, 0.15) is 0 Å². The second-order valence-corrected chi connectivity index (χ2v) is 8.98. The lowest BCUT2D eigenvalue weighted by atomic mass is 9.83. The van der Waals surface area contributed by atoms with Crippen molar-refractivity contribution in [3.05, 3.63) is 95.1 Å². The van der Waals surface area contributed by atoms with Gasteiger partial charge in [0.05, 0.1) is 0 Å². The van der Waals surface area contributed by atoms with Gasteiger partial charge in [-0.2, -0.15) is 0 Å². The quantitative estimate of drug-likeness (QED) is 0.254. The lowest BCUT2D eigenvalue weighted by Crippen LogP contribution is -2.03. The van der Waals surface area contributed by atoms with Crippen LogP contribution in [0.25, 0.3) is 33.0 Å². The summed E-state index contributed by atoms with van der Waals surface area (Å²) in [5.41, 5.74) is 12.1. The summed E-state index contributed by atoms with van der Waals surface area (Å²) >= 11 is 0. The van der Waals surface area contributed by atoms with E-state index in [9.17, 15) is 0 Å². The molecule has 0 N–H and O–H groups in total. The maximum absolute atomic E-state index is 2.55. The van der Waals surface area contributed by atoms with E-state index in [1.54, 1.807) is 16.7 Å². The minimum Gasteiger partial charge on any atom is -0.0654 e. The van der Waals surface area contributed by atoms with Crippen LogP contribution in [0.15, 0.2) is 72.8 Å². The van der Waals surface area contributed by atoms with Crippen LogP contribution in [0.2, 0.25) is 0 Å². The van der Waals surface area contributed by atoms with Crippen molar-refractivity contribution in [3.63, 3.8) is 0 Å². The van der Waals surface area contributed by atoms with Crippen molar-refractivity contribution >= 4 is 10.8 Å². The summed E-state index contributed by atoms with van der Waals surface area (Å²) in [6.07, 6.45) is 8.40. The predicted molar refractivity (Wildman–Crippen MR) is 135 cm³/mol. The van der Waals surface area contributed by atoms with Crippen LogP contribution in [0, 0.1) is 0 Å². The molecule has 0 spiro atoms. The summed E-state index contributed by atoms with van der Waals surface area (Å²) in [5, 5.41) is 2.72. The molecule has 4 aromatic rings. The maximum atomic E-state index is 2.55. The Bertz CT molecular complexity index is 1220. The van der Waals surface area contributed by atoms with Crippen LogP contribution in [-0.4, -0.2) is 0 Å². The molecular weight excluding hydrogens is 372 g/mol. The van der Waals surface area contributed by atoms with Crippen molar-refractivity contribution in [1.82, 2.24) is 0 Å². The zero-order valence-electron chi connectivity index (χ0n) is 18.9. The Morgan fingerprint density at radius 2 is 1.39 bits per heavy atom. The van der Waals surface area contributed by atoms with Gasteiger partial charge in [0.15, 0.2) is 0 Å². The third-order valence-electron chi connectivity index (χ3n) is 6.95. The van der Waals surface area contributed by atoms with Gasteiger partial charge in [-0.3, -0.25) is 0 Å². The molecule has 1 aliphatic rings. The second-order valence-electron chi connectivity index (χ2n) is 8.98. The fourth-order valence-electron chi connectivity index (χ4n) is 5.38. The SMILES string of the molecule is CCCCc1cc2c(c(-c3cccc4ccccc34)c1CCCC)Cc1ccccc1-2. The lowest BCUT2D eigenvalue weighted by molar-refractivity contribution is 0.759. The highest BCUT2D eigenvalue weighted by Gasteiger charge is 2.26. The van der Waals surface area contributed by atoms with Crippen LogP contribution in [0.3, 0.4) is 0 Å². The molecule has 0 saturated heterocycles. The van der Waals surface area contributed by atoms with Crippen molar-refractivity contribution in [2.45, 2.75) is 58.8 Å². The van der Waals surface area contributed by atoms with E-state index in [-0.39, 0.29) is 0 Å². The van der Waals surface area contributed by atoms with Gasteiger partial charge in [0, 0.05) is 0 Å². The van der Waals surface area contributed by atoms with Crippen molar-refractivity contribution in [2.24, 2.45) is 0 Å². The Balaban J connectivity index is 1.83. The average molecular weight is 405 g/mol. The molecule has 0 bridgehead atoms. The lowest BCUT2D eigenvalue weighted by Gasteiger charge is -2.21. The van der Waals surface area contributed by atoms with E-state index in [1.807, 2.05) is 0 Å². The van der Waals surface area contributed by atoms with Gasteiger partial charge in [-0.05, 0) is 87.4 Å². The summed E-state index contributed by atoms with van der Waals surface area (Å²) in [5.74, 6) is 0. The van der Waals surface area contributed by atoms with Crippen LogP contribution in [0.4, 0.5) is 0 Å². The normalized spacial score (nSPS) is 12.2. The number of hydrogen-bond donors (Lipinski definition) is 0. The molecule has 1 aliphatic carbocycles. The summed E-state index contributed by atoms with van der Waals surface area (Å²) < 4.78 is 0. The first-order chi connectivity index (χ1) is 15.3.